The second-order valence-electron chi connectivity index (χ2n) is 38.0. The van der Waals surface area contributed by atoms with Crippen molar-refractivity contribution in [1.82, 2.24) is 94.6 Å². The fourth-order valence-corrected chi connectivity index (χ4v) is 13.6. The number of nitrogens with zero attached hydrogens (tertiary/aromatic N) is 16. The highest BCUT2D eigenvalue weighted by atomic mass is 19.4. The maximum Gasteiger partial charge on any atom is 0.418 e. The van der Waals surface area contributed by atoms with E-state index in [9.17, 15) is 13.2 Å². The molecule has 0 saturated carbocycles. The molecular weight excluding hydrogens is 1580 g/mol. The Labute approximate surface area is 738 Å². The number of nitrogens with one attached hydrogen (secondary N) is 6. The number of halogens is 3. The summed E-state index contributed by atoms with van der Waals surface area (Å²) in [6.45, 7) is 58.6. The number of nitrogen functional groups attached to an aromatic ring is 1. The summed E-state index contributed by atoms with van der Waals surface area (Å²) in [5.41, 5.74) is 32.7. The average molecular weight is 1710 g/mol. The molecule has 662 valence electrons. The van der Waals surface area contributed by atoms with Crippen LogP contribution in [-0.4, -0.2) is 106 Å². The van der Waals surface area contributed by atoms with Crippen LogP contribution in [0.3, 0.4) is 0 Å². The van der Waals surface area contributed by atoms with Crippen molar-refractivity contribution in [2.24, 2.45) is 9.98 Å². The van der Waals surface area contributed by atoms with Crippen molar-refractivity contribution in [2.75, 3.05) is 5.73 Å². The number of imidazole rings is 1. The molecule has 2 aliphatic rings. The van der Waals surface area contributed by atoms with E-state index < -0.39 is 11.7 Å². The molecule has 0 radical (unpaired) electrons. The fourth-order valence-electron chi connectivity index (χ4n) is 13.6. The van der Waals surface area contributed by atoms with E-state index in [1.165, 1.54) is 83.1 Å². The molecule has 16 aromatic heterocycles. The van der Waals surface area contributed by atoms with Crippen LogP contribution in [0.4, 0.5) is 24.7 Å². The summed E-state index contributed by atoms with van der Waals surface area (Å²) >= 11 is 0. The number of anilines is 1. The van der Waals surface area contributed by atoms with Gasteiger partial charge in [0.1, 0.15) is 40.2 Å². The number of aromatic amines is 6. The molecule has 26 heteroatoms. The third-order valence-corrected chi connectivity index (χ3v) is 22.2. The van der Waals surface area contributed by atoms with Gasteiger partial charge in [-0.05, 0) is 187 Å². The molecule has 23 nitrogen and oxygen atoms in total. The molecule has 0 bridgehead atoms. The van der Waals surface area contributed by atoms with Crippen molar-refractivity contribution in [3.8, 4) is 6.07 Å². The predicted molar refractivity (Wildman–Crippen MR) is 509 cm³/mol. The van der Waals surface area contributed by atoms with Crippen LogP contribution in [0.5, 0.6) is 0 Å². The fraction of sp³-hybridized carbons (Fsp3) is 0.410. The first-order chi connectivity index (χ1) is 59.2. The van der Waals surface area contributed by atoms with Crippen LogP contribution in [0, 0.1) is 18.3 Å². The third-order valence-electron chi connectivity index (χ3n) is 22.2. The van der Waals surface area contributed by atoms with Crippen molar-refractivity contribution in [1.29, 1.82) is 5.26 Å². The van der Waals surface area contributed by atoms with E-state index in [0.29, 0.717) is 46.9 Å². The summed E-state index contributed by atoms with van der Waals surface area (Å²) in [7, 11) is 0. The lowest BCUT2D eigenvalue weighted by atomic mass is 9.87. The highest BCUT2D eigenvalue weighted by molar-refractivity contribution is 6.01. The molecule has 2 aliphatic heterocycles. The van der Waals surface area contributed by atoms with Crippen LogP contribution >= 0.6 is 0 Å². The molecule has 0 amide bonds. The van der Waals surface area contributed by atoms with Gasteiger partial charge in [0.2, 0.25) is 0 Å². The summed E-state index contributed by atoms with van der Waals surface area (Å²) in [6, 6.07) is 18.7. The zero-order chi connectivity index (χ0) is 92.2. The highest BCUT2D eigenvalue weighted by Crippen LogP contribution is 2.38. The Hall–Kier alpha value is -12.7. The van der Waals surface area contributed by atoms with Gasteiger partial charge < -0.3 is 30.7 Å². The van der Waals surface area contributed by atoms with Gasteiger partial charge in [0, 0.05) is 149 Å². The lowest BCUT2D eigenvalue weighted by Crippen LogP contribution is -2.11. The minimum atomic E-state index is -4.35. The molecule has 0 spiro atoms. The van der Waals surface area contributed by atoms with Gasteiger partial charge in [0.25, 0.3) is 0 Å². The van der Waals surface area contributed by atoms with Crippen molar-refractivity contribution < 1.29 is 13.2 Å². The van der Waals surface area contributed by atoms with Crippen molar-refractivity contribution in [2.45, 2.75) is 270 Å². The summed E-state index contributed by atoms with van der Waals surface area (Å²) < 4.78 is 40.0. The van der Waals surface area contributed by atoms with Gasteiger partial charge >= 0.3 is 6.18 Å². The minimum absolute atomic E-state index is 0.0607. The number of nitriles is 1. The van der Waals surface area contributed by atoms with Crippen LogP contribution in [0.15, 0.2) is 158 Å². The monoisotopic (exact) mass is 1710 g/mol. The van der Waals surface area contributed by atoms with Crippen molar-refractivity contribution in [3.05, 3.63) is 243 Å². The Morgan fingerprint density at radius 3 is 1.56 bits per heavy atom. The number of aryl methyl sites for hydroxylation is 2. The Bertz CT molecular complexity index is 6390. The zero-order valence-corrected chi connectivity index (χ0v) is 78.4. The third kappa shape index (κ3) is 23.9. The van der Waals surface area contributed by atoms with Gasteiger partial charge in [-0.15, -0.1) is 0 Å². The zero-order valence-electron chi connectivity index (χ0n) is 78.4. The summed E-state index contributed by atoms with van der Waals surface area (Å²) in [5, 5.41) is 24.9. The normalized spacial score (nSPS) is 12.5. The second kappa shape index (κ2) is 40.1. The largest absolute Gasteiger partial charge is 0.418 e. The molecule has 16 aromatic rings. The number of aromatic nitrogens is 19. The molecule has 8 N–H and O–H groups in total. The lowest BCUT2D eigenvalue weighted by Gasteiger charge is -2.18. The first kappa shape index (κ1) is 95.6. The Morgan fingerprint density at radius 2 is 0.992 bits per heavy atom. The average Bonchev–Trinajstić information content (AvgIpc) is 1.61. The Balaban J connectivity index is 0.000000148. The smallest absolute Gasteiger partial charge is 0.382 e. The van der Waals surface area contributed by atoms with E-state index in [1.807, 2.05) is 101 Å². The molecule has 0 fully saturated rings. The first-order valence-corrected chi connectivity index (χ1v) is 43.3. The van der Waals surface area contributed by atoms with Crippen LogP contribution in [0.1, 0.15) is 310 Å². The molecule has 126 heavy (non-hydrogen) atoms. The molecule has 0 saturated heterocycles. The van der Waals surface area contributed by atoms with Gasteiger partial charge in [0.05, 0.1) is 41.4 Å². The number of aliphatic imine (C=N–C) groups is 2. The molecule has 18 rings (SSSR count). The van der Waals surface area contributed by atoms with E-state index in [1.54, 1.807) is 35.5 Å². The van der Waals surface area contributed by atoms with Crippen molar-refractivity contribution in [3.63, 3.8) is 0 Å². The van der Waals surface area contributed by atoms with E-state index in [0.717, 1.165) is 98.6 Å². The van der Waals surface area contributed by atoms with Crippen LogP contribution in [0.2, 0.25) is 0 Å². The Morgan fingerprint density at radius 1 is 0.492 bits per heavy atom. The quantitative estimate of drug-likeness (QED) is 0.0780. The predicted octanol–water partition coefficient (Wildman–Crippen LogP) is 24.9. The molecule has 0 aliphatic carbocycles. The van der Waals surface area contributed by atoms with E-state index in [-0.39, 0.29) is 32.7 Å². The van der Waals surface area contributed by atoms with E-state index in [4.69, 9.17) is 11.0 Å². The number of nitrogens with two attached hydrogens (primary N) is 1. The maximum absolute atomic E-state index is 12.7. The number of alkyl halides is 3. The van der Waals surface area contributed by atoms with E-state index in [2.05, 4.69) is 309 Å². The standard InChI is InChI=1S/C14H20N2.C12H13F3N2.C12H13N3.C12H16N2.C11H15N3.C11H14N2.C10H13N3.2C9H11N3/c1-9(2)12-8-16-13-11(12)6-10(7-15-13)14(3,4)5;1-11(2,3)7-4-8-9(12(13,14)15)6-17-10(8)16-5-7;1-12(2,3)9-4-10-8(5-13)6-14-11(10)15-7-9;1-8-6-13-11-10(8)5-9(7-14-11)12(2,3)4;1-4-10-9-5-8(7(2)3)6-12-11(9)14-13-10;1-7(2)9-4-10-8(3)12-6-11(10)13-5-9;1-6(2)8-5-13-10(11)9-7(8)3-4-12-9;1-6(2)7-3-8-9(10-4-7)12-5-11-8;1-7(2)8-5-10-9-3-4-11-12(9)6-8/h6-9H,1-5H3,(H,15,16);4-6H,1-3H3,(H,16,17);4,6-7H,1-3H3,(H,14,15);5-7H,1-4H3,(H,13,14);5-7H,4H2,1-3H3,(H,12,13,14);4-5,7H,6H2,1-3H3;4-6H,3H2,1-2H3,(H2,11,13);3-6H,1-2H3,(H,10,11,12);3-7H,1-2H3. The van der Waals surface area contributed by atoms with Crippen LogP contribution in [0.25, 0.3) is 72.0 Å². The number of hydrogen-bond acceptors (Lipinski definition) is 16. The molecule has 0 unspecified atom stereocenters. The van der Waals surface area contributed by atoms with Gasteiger partial charge in [-0.3, -0.25) is 20.1 Å². The van der Waals surface area contributed by atoms with Crippen LogP contribution in [-0.2, 0) is 47.2 Å². The second-order valence-corrected chi connectivity index (χ2v) is 38.0. The number of hydrogen-bond donors (Lipinski definition) is 7. The molecule has 0 atom stereocenters. The number of fused-ring (bicyclic) bond motifs is 9. The summed E-state index contributed by atoms with van der Waals surface area (Å²) in [6.07, 6.45) is 28.5. The van der Waals surface area contributed by atoms with E-state index >= 15 is 0 Å². The van der Waals surface area contributed by atoms with Crippen molar-refractivity contribution >= 4 is 95.4 Å². The topological polar surface area (TPSA) is 328 Å². The number of pyridine rings is 8. The van der Waals surface area contributed by atoms with Gasteiger partial charge in [0.15, 0.2) is 16.9 Å². The highest BCUT2D eigenvalue weighted by Gasteiger charge is 2.34. The summed E-state index contributed by atoms with van der Waals surface area (Å²) in [4.78, 5) is 66.2. The van der Waals surface area contributed by atoms with Gasteiger partial charge in [-0.1, -0.05) is 173 Å². The molecule has 18 heterocycles. The SMILES string of the molecule is CC(C)(C)c1cnc2[nH]cc(C#N)c2c1.CC(C)(C)c1cnc2[nH]cc(C(F)(F)F)c2c1.CC(C)c1c[nH]c2ncc(C(C)(C)C)cc12.CC(C)c1cnc(N)c2c1CC=N2.CC(C)c1cnc2ccnn2c1.CC(C)c1cnc2nc[nH]c2c1.CC1=NCc2ncc(C(C)C)cc21.CCc1[nH]nc2ncc(C(C)C)cc12.Cc1c[nH]c2ncc(C(C)(C)C)cc12. The van der Waals surface area contributed by atoms with Gasteiger partial charge in [-0.25, -0.2) is 49.4 Å². The number of rotatable bonds is 7. The molecule has 0 aromatic carbocycles. The minimum Gasteiger partial charge on any atom is -0.382 e. The van der Waals surface area contributed by atoms with Crippen LogP contribution < -0.4 is 5.73 Å². The Kier molecular flexibility index (Phi) is 30.4. The van der Waals surface area contributed by atoms with Gasteiger partial charge in [-0.2, -0.15) is 28.6 Å². The molecular formula is C100H126F3N23. The first-order valence-electron chi connectivity index (χ1n) is 43.3. The lowest BCUT2D eigenvalue weighted by molar-refractivity contribution is -0.136. The number of H-pyrrole nitrogens is 6. The maximum atomic E-state index is 12.7. The summed E-state index contributed by atoms with van der Waals surface area (Å²) in [5.74, 6) is 3.66.